The molecule has 2 fully saturated rings. The topological polar surface area (TPSA) is 105 Å². The quantitative estimate of drug-likeness (QED) is 0.781. The van der Waals surface area contributed by atoms with Gasteiger partial charge in [0.25, 0.3) is 0 Å². The van der Waals surface area contributed by atoms with Gasteiger partial charge in [-0.15, -0.1) is 0 Å². The molecular weight excluding hydrogens is 396 g/mol. The van der Waals surface area contributed by atoms with E-state index in [1.807, 2.05) is 0 Å². The molecular formula is C21H20O9. The molecule has 0 saturated carbocycles. The molecule has 4 aliphatic heterocycles. The van der Waals surface area contributed by atoms with Gasteiger partial charge in [0.15, 0.2) is 29.3 Å². The summed E-state index contributed by atoms with van der Waals surface area (Å²) in [5.41, 5.74) is 1.18. The van der Waals surface area contributed by atoms with Crippen molar-refractivity contribution in [1.29, 1.82) is 0 Å². The van der Waals surface area contributed by atoms with Gasteiger partial charge in [0.2, 0.25) is 25.1 Å². The number of hydrogen-bond donors (Lipinski definition) is 2. The van der Waals surface area contributed by atoms with E-state index in [4.69, 9.17) is 33.2 Å². The van der Waals surface area contributed by atoms with Gasteiger partial charge >= 0.3 is 0 Å². The number of benzene rings is 2. The van der Waals surface area contributed by atoms with Gasteiger partial charge in [0.1, 0.15) is 0 Å². The summed E-state index contributed by atoms with van der Waals surface area (Å²) in [6, 6.07) is 7.06. The van der Waals surface area contributed by atoms with Crippen molar-refractivity contribution in [2.24, 2.45) is 11.8 Å². The molecule has 2 aromatic carbocycles. The highest BCUT2D eigenvalue weighted by Gasteiger charge is 2.55. The van der Waals surface area contributed by atoms with Crippen molar-refractivity contribution >= 4 is 0 Å². The van der Waals surface area contributed by atoms with Crippen LogP contribution in [0.4, 0.5) is 0 Å². The third-order valence-electron chi connectivity index (χ3n) is 6.23. The Morgan fingerprint density at radius 1 is 0.833 bits per heavy atom. The van der Waals surface area contributed by atoms with Crippen LogP contribution in [0.1, 0.15) is 23.3 Å². The molecule has 2 N–H and O–H groups in total. The maximum atomic E-state index is 10.7. The van der Waals surface area contributed by atoms with Crippen molar-refractivity contribution in [1.82, 2.24) is 0 Å². The lowest BCUT2D eigenvalue weighted by atomic mass is 9.83. The van der Waals surface area contributed by atoms with Crippen LogP contribution in [0.15, 0.2) is 24.3 Å². The van der Waals surface area contributed by atoms with Gasteiger partial charge in [-0.3, -0.25) is 0 Å². The average molecular weight is 416 g/mol. The van der Waals surface area contributed by atoms with Crippen LogP contribution in [0.5, 0.6) is 34.5 Å². The molecule has 6 rings (SSSR count). The maximum Gasteiger partial charge on any atom is 0.231 e. The van der Waals surface area contributed by atoms with Gasteiger partial charge in [0, 0.05) is 30.1 Å². The molecule has 0 radical (unpaired) electrons. The van der Waals surface area contributed by atoms with Crippen LogP contribution >= 0.6 is 0 Å². The maximum absolute atomic E-state index is 10.7. The van der Waals surface area contributed by atoms with Crippen molar-refractivity contribution in [3.05, 3.63) is 35.4 Å². The summed E-state index contributed by atoms with van der Waals surface area (Å²) in [4.78, 5) is 0. The summed E-state index contributed by atoms with van der Waals surface area (Å²) in [6.45, 7) is 0.514. The zero-order valence-electron chi connectivity index (χ0n) is 16.1. The highest BCUT2D eigenvalue weighted by Crippen LogP contribution is 2.58. The summed E-state index contributed by atoms with van der Waals surface area (Å²) in [7, 11) is 1.57. The van der Waals surface area contributed by atoms with Crippen LogP contribution < -0.4 is 18.9 Å². The zero-order chi connectivity index (χ0) is 20.4. The summed E-state index contributed by atoms with van der Waals surface area (Å²) < 4.78 is 39.4. The number of methoxy groups -OCH3 is 1. The third-order valence-corrected chi connectivity index (χ3v) is 6.23. The standard InChI is InChI=1S/C21H20O9/c1-24-21-14-11(17(30-21)9-2-4-12-19(15(9)22)28-7-26-12)6-25-18(14)10-3-5-13-20(16(10)23)29-8-27-13/h2-5,11,14,17-18,21-23H,6-8H2,1H3. The van der Waals surface area contributed by atoms with Crippen LogP contribution in [0.25, 0.3) is 0 Å². The Balaban J connectivity index is 1.36. The van der Waals surface area contributed by atoms with Crippen LogP contribution in [0.2, 0.25) is 0 Å². The van der Waals surface area contributed by atoms with Crippen molar-refractivity contribution in [2.45, 2.75) is 18.5 Å². The van der Waals surface area contributed by atoms with E-state index in [0.29, 0.717) is 40.7 Å². The number of rotatable bonds is 3. The second-order valence-electron chi connectivity index (χ2n) is 7.63. The van der Waals surface area contributed by atoms with Crippen LogP contribution in [-0.2, 0) is 14.2 Å². The fourth-order valence-electron chi connectivity index (χ4n) is 4.85. The number of fused-ring (bicyclic) bond motifs is 3. The Bertz CT molecular complexity index is 945. The third kappa shape index (κ3) is 2.39. The highest BCUT2D eigenvalue weighted by molar-refractivity contribution is 5.58. The van der Waals surface area contributed by atoms with Gasteiger partial charge in [-0.05, 0) is 24.3 Å². The molecule has 2 aromatic rings. The Morgan fingerprint density at radius 2 is 1.43 bits per heavy atom. The molecule has 9 nitrogen and oxygen atoms in total. The first-order valence-electron chi connectivity index (χ1n) is 9.70. The second kappa shape index (κ2) is 6.56. The molecule has 158 valence electrons. The van der Waals surface area contributed by atoms with Crippen LogP contribution in [-0.4, -0.2) is 43.8 Å². The molecule has 0 bridgehead atoms. The van der Waals surface area contributed by atoms with E-state index in [0.717, 1.165) is 0 Å². The van der Waals surface area contributed by atoms with Gasteiger partial charge in [0.05, 0.1) is 18.8 Å². The summed E-state index contributed by atoms with van der Waals surface area (Å²) in [5.74, 6) is 1.33. The molecule has 0 aromatic heterocycles. The van der Waals surface area contributed by atoms with E-state index >= 15 is 0 Å². The van der Waals surface area contributed by atoms with Crippen molar-refractivity contribution < 1.29 is 43.4 Å². The Labute approximate surface area is 171 Å². The molecule has 2 saturated heterocycles. The van der Waals surface area contributed by atoms with Crippen molar-refractivity contribution in [3.63, 3.8) is 0 Å². The smallest absolute Gasteiger partial charge is 0.231 e. The minimum Gasteiger partial charge on any atom is -0.504 e. The van der Waals surface area contributed by atoms with Gasteiger partial charge in [-0.2, -0.15) is 0 Å². The van der Waals surface area contributed by atoms with E-state index < -0.39 is 18.5 Å². The van der Waals surface area contributed by atoms with Crippen molar-refractivity contribution in [2.75, 3.05) is 27.3 Å². The Kier molecular flexibility index (Phi) is 3.92. The first kappa shape index (κ1) is 17.9. The number of aromatic hydroxyl groups is 2. The molecule has 5 unspecified atom stereocenters. The zero-order valence-corrected chi connectivity index (χ0v) is 16.1. The van der Waals surface area contributed by atoms with Crippen LogP contribution in [0, 0.1) is 11.8 Å². The van der Waals surface area contributed by atoms with E-state index in [2.05, 4.69) is 0 Å². The molecule has 4 heterocycles. The molecule has 30 heavy (non-hydrogen) atoms. The first-order valence-corrected chi connectivity index (χ1v) is 9.70. The minimum absolute atomic E-state index is 0.000111. The SMILES string of the molecule is COC1OC(c2ccc3c(c2O)OCO3)C2COC(c3ccc4c(c3O)OCO4)C12. The van der Waals surface area contributed by atoms with E-state index in [9.17, 15) is 10.2 Å². The molecule has 0 amide bonds. The van der Waals surface area contributed by atoms with Gasteiger partial charge in [-0.1, -0.05) is 0 Å². The molecule has 0 spiro atoms. The average Bonchev–Trinajstić information content (AvgIpc) is 3.52. The number of ether oxygens (including phenoxy) is 7. The summed E-state index contributed by atoms with van der Waals surface area (Å²) in [6.07, 6.45) is -1.51. The largest absolute Gasteiger partial charge is 0.504 e. The monoisotopic (exact) mass is 416 g/mol. The highest BCUT2D eigenvalue weighted by atomic mass is 16.7. The normalized spacial score (nSPS) is 30.6. The Hall–Kier alpha value is -2.88. The van der Waals surface area contributed by atoms with Crippen LogP contribution in [0.3, 0.4) is 0 Å². The van der Waals surface area contributed by atoms with Crippen molar-refractivity contribution in [3.8, 4) is 34.5 Å². The summed E-state index contributed by atoms with van der Waals surface area (Å²) in [5, 5.41) is 21.5. The second-order valence-corrected chi connectivity index (χ2v) is 7.63. The first-order chi connectivity index (χ1) is 14.7. The molecule has 4 aliphatic rings. The Morgan fingerprint density at radius 3 is 2.03 bits per heavy atom. The minimum atomic E-state index is -0.581. The van der Waals surface area contributed by atoms with E-state index in [1.165, 1.54) is 0 Å². The lowest BCUT2D eigenvalue weighted by Gasteiger charge is -2.23. The van der Waals surface area contributed by atoms with Gasteiger partial charge < -0.3 is 43.4 Å². The lowest BCUT2D eigenvalue weighted by Crippen LogP contribution is -2.24. The fraction of sp³-hybridized carbons (Fsp3) is 0.429. The predicted octanol–water partition coefficient (Wildman–Crippen LogP) is 2.60. The van der Waals surface area contributed by atoms with E-state index in [-0.39, 0.29) is 36.9 Å². The number of phenols is 2. The van der Waals surface area contributed by atoms with E-state index in [1.54, 1.807) is 31.4 Å². The number of hydrogen-bond acceptors (Lipinski definition) is 9. The van der Waals surface area contributed by atoms with Gasteiger partial charge in [-0.25, -0.2) is 0 Å². The molecule has 9 heteroatoms. The fourth-order valence-corrected chi connectivity index (χ4v) is 4.85. The summed E-state index contributed by atoms with van der Waals surface area (Å²) >= 11 is 0. The number of phenolic OH excluding ortho intramolecular Hbond substituents is 2. The lowest BCUT2D eigenvalue weighted by molar-refractivity contribution is -0.153. The molecule has 5 atom stereocenters. The predicted molar refractivity (Wildman–Crippen MR) is 98.8 cm³/mol. The molecule has 0 aliphatic carbocycles.